The summed E-state index contributed by atoms with van der Waals surface area (Å²) in [6, 6.07) is 10.2. The van der Waals surface area contributed by atoms with E-state index in [1.807, 2.05) is 64.1 Å². The number of nitrogens with one attached hydrogen (secondary N) is 5. The van der Waals surface area contributed by atoms with Gasteiger partial charge in [0.1, 0.15) is 30.1 Å². The molecule has 0 radical (unpaired) electrons. The van der Waals surface area contributed by atoms with Crippen LogP contribution in [0.1, 0.15) is 147 Å². The summed E-state index contributed by atoms with van der Waals surface area (Å²) in [6.07, 6.45) is 3.86. The molecule has 0 unspecified atom stereocenters. The fourth-order valence-corrected chi connectivity index (χ4v) is 10.1. The lowest BCUT2D eigenvalue weighted by molar-refractivity contribution is -0.157. The highest BCUT2D eigenvalue weighted by Crippen LogP contribution is 2.45. The van der Waals surface area contributed by atoms with Crippen LogP contribution in [0.4, 0.5) is 0 Å². The van der Waals surface area contributed by atoms with Crippen LogP contribution >= 0.6 is 11.6 Å². The summed E-state index contributed by atoms with van der Waals surface area (Å²) in [5.41, 5.74) is 2.16. The van der Waals surface area contributed by atoms with Gasteiger partial charge in [0.05, 0.1) is 63.8 Å². The predicted molar refractivity (Wildman–Crippen MR) is 327 cm³/mol. The number of aliphatic carboxylic acids is 1. The van der Waals surface area contributed by atoms with E-state index >= 15 is 0 Å². The molecule has 2 heterocycles. The number of unbranched alkanes of at least 4 members (excludes halogenated alkanes) is 1. The molecule has 484 valence electrons. The van der Waals surface area contributed by atoms with Crippen molar-refractivity contribution >= 4 is 64.6 Å². The van der Waals surface area contributed by atoms with Crippen LogP contribution in [0, 0.1) is 36.0 Å². The number of benzene rings is 2. The van der Waals surface area contributed by atoms with Gasteiger partial charge in [-0.1, -0.05) is 95.1 Å². The molecule has 2 aliphatic rings. The number of ketones is 2. The molecule has 1 saturated heterocycles. The van der Waals surface area contributed by atoms with Crippen LogP contribution in [0.15, 0.2) is 54.6 Å². The average molecular weight is 1240 g/mol. The van der Waals surface area contributed by atoms with Crippen molar-refractivity contribution in [3.05, 3.63) is 81.9 Å². The third kappa shape index (κ3) is 27.5. The van der Waals surface area contributed by atoms with Crippen molar-refractivity contribution in [1.29, 1.82) is 0 Å². The van der Waals surface area contributed by atoms with Gasteiger partial charge in [-0.15, -0.1) is 0 Å². The molecule has 0 saturated carbocycles. The maximum Gasteiger partial charge on any atom is 0.328 e. The molecule has 4 rings (SSSR count). The first-order chi connectivity index (χ1) is 41.4. The molecule has 2 aromatic carbocycles. The van der Waals surface area contributed by atoms with Crippen molar-refractivity contribution in [3.63, 3.8) is 0 Å². The molecule has 87 heavy (non-hydrogen) atoms. The van der Waals surface area contributed by atoms with E-state index in [9.17, 15) is 43.2 Å². The number of aryl methyl sites for hydroxylation is 2. The number of hydrogen-bond donors (Lipinski definition) is 6. The first-order valence-electron chi connectivity index (χ1n) is 30.7. The molecular weight excluding hydrogens is 1140 g/mol. The standard InChI is InChI=1S/C65H96ClN5O16/c1-41(2)36-51-63(80)86-54(15-12-16-56(75)69-50(38-46-20-19-43(5)49(66)37-46)62(79)68-40-65(7,8)64(81)70-51)44(6)60-61(87-60)47-24-21-45(22-25-47)23-26-52(72)48(39-53(73)59(42(3)4)71-57(76)17-13-18-58(77)78)14-10-11-28-67-55(74)27-29-83-32-33-85-35-34-84-31-30-82-9/h12,16,19-22,24-25,37,41-42,44,48,50-51,54,59-61H,10-11,13-15,17-18,23,26-36,38-40H2,1-9H3,(H,67,74)(H,68,79)(H,69,75)(H,70,81)(H,71,76)(H,77,78)/b16-12+/t44-,48+,50+,51-,54-,59-,60+,61+/m0/s1. The molecule has 1 fully saturated rings. The zero-order valence-corrected chi connectivity index (χ0v) is 53.2. The Morgan fingerprint density at radius 3 is 2.09 bits per heavy atom. The summed E-state index contributed by atoms with van der Waals surface area (Å²) < 4.78 is 33.8. The first kappa shape index (κ1) is 73.4. The fraction of sp³-hybridized carbons (Fsp3) is 0.646. The Kier molecular flexibility index (Phi) is 32.3. The van der Waals surface area contributed by atoms with Gasteiger partial charge in [0.15, 0.2) is 5.78 Å². The number of esters is 1. The number of carboxylic acids is 1. The van der Waals surface area contributed by atoms with Crippen molar-refractivity contribution in [2.24, 2.45) is 29.1 Å². The number of halogens is 1. The van der Waals surface area contributed by atoms with Crippen LogP contribution in [0.5, 0.6) is 0 Å². The minimum absolute atomic E-state index is 0.00145. The molecule has 8 atom stereocenters. The van der Waals surface area contributed by atoms with Gasteiger partial charge in [0.25, 0.3) is 0 Å². The summed E-state index contributed by atoms with van der Waals surface area (Å²) in [6.45, 7) is 17.6. The van der Waals surface area contributed by atoms with Gasteiger partial charge >= 0.3 is 11.9 Å². The van der Waals surface area contributed by atoms with E-state index in [0.717, 1.165) is 22.3 Å². The van der Waals surface area contributed by atoms with E-state index in [0.29, 0.717) is 76.9 Å². The third-order valence-electron chi connectivity index (χ3n) is 15.4. The number of methoxy groups -OCH3 is 1. The van der Waals surface area contributed by atoms with E-state index in [-0.39, 0.29) is 106 Å². The number of carboxylic acid groups (broad SMARTS) is 1. The molecule has 6 N–H and O–H groups in total. The number of rotatable bonds is 37. The van der Waals surface area contributed by atoms with E-state index in [4.69, 9.17) is 45.1 Å². The number of epoxide rings is 1. The lowest BCUT2D eigenvalue weighted by atomic mass is 9.85. The highest BCUT2D eigenvalue weighted by atomic mass is 35.5. The Hall–Kier alpha value is -6.10. The quantitative estimate of drug-likeness (QED) is 0.0229. The molecule has 2 aromatic rings. The van der Waals surface area contributed by atoms with E-state index in [1.54, 1.807) is 46.9 Å². The smallest absolute Gasteiger partial charge is 0.328 e. The van der Waals surface area contributed by atoms with Crippen molar-refractivity contribution in [2.75, 3.05) is 66.4 Å². The van der Waals surface area contributed by atoms with Gasteiger partial charge in [-0.25, -0.2) is 4.79 Å². The van der Waals surface area contributed by atoms with Gasteiger partial charge in [0, 0.05) is 82.0 Å². The molecular formula is C65H96ClN5O16. The minimum Gasteiger partial charge on any atom is -0.481 e. The highest BCUT2D eigenvalue weighted by molar-refractivity contribution is 6.31. The van der Waals surface area contributed by atoms with E-state index < -0.39 is 83.2 Å². The zero-order chi connectivity index (χ0) is 64.1. The van der Waals surface area contributed by atoms with Crippen LogP contribution < -0.4 is 26.6 Å². The molecule has 0 aliphatic carbocycles. The molecule has 0 aromatic heterocycles. The summed E-state index contributed by atoms with van der Waals surface area (Å²) in [5, 5.41) is 23.8. The summed E-state index contributed by atoms with van der Waals surface area (Å²) in [4.78, 5) is 120. The van der Waals surface area contributed by atoms with Crippen molar-refractivity contribution in [1.82, 2.24) is 26.6 Å². The number of amides is 5. The average Bonchev–Trinajstić information content (AvgIpc) is 1.80. The monoisotopic (exact) mass is 1240 g/mol. The second-order valence-electron chi connectivity index (χ2n) is 24.1. The second-order valence-corrected chi connectivity index (χ2v) is 24.5. The van der Waals surface area contributed by atoms with Crippen molar-refractivity contribution < 1.29 is 76.7 Å². The number of Topliss-reactive ketones (excluding diaryl/α,β-unsaturated/α-hetero) is 2. The first-order valence-corrected chi connectivity index (χ1v) is 31.1. The number of carbonyl (C=O) groups is 9. The second kappa shape index (κ2) is 38.3. The van der Waals surface area contributed by atoms with Crippen LogP contribution in [0.3, 0.4) is 0 Å². The molecule has 21 nitrogen and oxygen atoms in total. The Morgan fingerprint density at radius 1 is 0.782 bits per heavy atom. The SMILES string of the molecule is COCCOCCOCCOCCC(=O)NCCCC[C@H](CC(=O)[C@@H](NC(=O)CCCC(=O)O)C(C)C)C(=O)CCc1ccc([C@H]2O[C@@H]2[C@@H](C)[C@@H]2C/C=C/C(=O)N[C@H](Cc3ccc(C)c(Cl)c3)C(=O)NCC(C)(C)C(=O)N[C@@H](CC(C)C)C(=O)O2)cc1. The van der Waals surface area contributed by atoms with Gasteiger partial charge in [0.2, 0.25) is 29.5 Å². The van der Waals surface area contributed by atoms with Gasteiger partial charge < -0.3 is 60.1 Å². The Morgan fingerprint density at radius 2 is 1.45 bits per heavy atom. The van der Waals surface area contributed by atoms with E-state index in [2.05, 4.69) is 26.6 Å². The summed E-state index contributed by atoms with van der Waals surface area (Å²) in [5.74, 6) is -5.51. The minimum atomic E-state index is -1.16. The number of carbonyl (C=O) groups excluding carboxylic acids is 8. The Balaban J connectivity index is 1.41. The number of hydrogen-bond acceptors (Lipinski definition) is 15. The molecule has 22 heteroatoms. The van der Waals surface area contributed by atoms with Crippen LogP contribution in [0.2, 0.25) is 5.02 Å². The number of cyclic esters (lactones) is 1. The lowest BCUT2D eigenvalue weighted by Crippen LogP contribution is -2.54. The molecule has 0 bridgehead atoms. The van der Waals surface area contributed by atoms with Crippen LogP contribution in [0.25, 0.3) is 0 Å². The fourth-order valence-electron chi connectivity index (χ4n) is 9.93. The van der Waals surface area contributed by atoms with Crippen molar-refractivity contribution in [2.45, 2.75) is 175 Å². The summed E-state index contributed by atoms with van der Waals surface area (Å²) in [7, 11) is 1.60. The van der Waals surface area contributed by atoms with E-state index in [1.165, 1.54) is 6.08 Å². The summed E-state index contributed by atoms with van der Waals surface area (Å²) >= 11 is 6.42. The topological polar surface area (TPSA) is 293 Å². The normalized spacial score (nSPS) is 20.5. The van der Waals surface area contributed by atoms with Gasteiger partial charge in [-0.05, 0) is 99.1 Å². The van der Waals surface area contributed by atoms with Crippen molar-refractivity contribution in [3.8, 4) is 0 Å². The predicted octanol–water partition coefficient (Wildman–Crippen LogP) is 6.84. The largest absolute Gasteiger partial charge is 0.481 e. The van der Waals surface area contributed by atoms with Crippen LogP contribution in [-0.2, 0) is 84.4 Å². The highest BCUT2D eigenvalue weighted by Gasteiger charge is 2.48. The maximum absolute atomic E-state index is 14.1. The van der Waals surface area contributed by atoms with Gasteiger partial charge in [-0.3, -0.25) is 38.4 Å². The van der Waals surface area contributed by atoms with Crippen LogP contribution in [-0.4, -0.2) is 155 Å². The molecule has 0 spiro atoms. The van der Waals surface area contributed by atoms with Gasteiger partial charge in [-0.2, -0.15) is 0 Å². The molecule has 5 amide bonds. The molecule has 2 aliphatic heterocycles. The Labute approximate surface area is 518 Å². The third-order valence-corrected chi connectivity index (χ3v) is 15.8. The lowest BCUT2D eigenvalue weighted by Gasteiger charge is -2.30. The zero-order valence-electron chi connectivity index (χ0n) is 52.5. The maximum atomic E-state index is 14.1. The number of ether oxygens (including phenoxy) is 6. The Bertz CT molecular complexity index is 2590.